The molecule has 0 radical (unpaired) electrons. The predicted octanol–water partition coefficient (Wildman–Crippen LogP) is 2.36. The number of hydrogen-bond donors (Lipinski definition) is 3. The first kappa shape index (κ1) is 14.7. The maximum absolute atomic E-state index is 12.2. The summed E-state index contributed by atoms with van der Waals surface area (Å²) in [6, 6.07) is -0.134. The van der Waals surface area contributed by atoms with Crippen molar-refractivity contribution in [2.24, 2.45) is 23.7 Å². The first-order valence-corrected chi connectivity index (χ1v) is 8.38. The minimum absolute atomic E-state index is 0.175. The van der Waals surface area contributed by atoms with E-state index < -0.39 is 11.9 Å². The molecule has 3 fully saturated rings. The Morgan fingerprint density at radius 3 is 2.52 bits per heavy atom. The average molecular weight is 294 g/mol. The van der Waals surface area contributed by atoms with Crippen molar-refractivity contribution in [1.82, 2.24) is 10.6 Å². The van der Waals surface area contributed by atoms with E-state index in [4.69, 9.17) is 0 Å². The number of carboxylic acid groups (broad SMARTS) is 1. The molecule has 118 valence electrons. The smallest absolute Gasteiger partial charge is 0.315 e. The average Bonchev–Trinajstić information content (AvgIpc) is 3.02. The van der Waals surface area contributed by atoms with Gasteiger partial charge in [0.1, 0.15) is 0 Å². The van der Waals surface area contributed by atoms with Gasteiger partial charge in [0, 0.05) is 12.1 Å². The number of carbonyl (C=O) groups is 2. The largest absolute Gasteiger partial charge is 0.481 e. The van der Waals surface area contributed by atoms with Gasteiger partial charge in [-0.05, 0) is 49.9 Å². The van der Waals surface area contributed by atoms with E-state index in [2.05, 4.69) is 17.6 Å². The molecule has 0 aromatic heterocycles. The van der Waals surface area contributed by atoms with Crippen molar-refractivity contribution >= 4 is 12.0 Å². The molecule has 3 aliphatic rings. The summed E-state index contributed by atoms with van der Waals surface area (Å²) in [4.78, 5) is 23.6. The Morgan fingerprint density at radius 2 is 1.90 bits per heavy atom. The Hall–Kier alpha value is -1.26. The van der Waals surface area contributed by atoms with Gasteiger partial charge in [-0.2, -0.15) is 0 Å². The summed E-state index contributed by atoms with van der Waals surface area (Å²) in [7, 11) is 0. The zero-order valence-corrected chi connectivity index (χ0v) is 12.7. The standard InChI is InChI=1S/C16H26N2O3/c1-2-12(7-9-3-4-9)17-16(21)18-14-11-6-5-10(8-11)13(14)15(19)20/h9-14H,2-8H2,1H3,(H,19,20)(H2,17,18,21). The molecular weight excluding hydrogens is 268 g/mol. The van der Waals surface area contributed by atoms with Crippen molar-refractivity contribution in [1.29, 1.82) is 0 Å². The fourth-order valence-corrected chi connectivity index (χ4v) is 4.32. The summed E-state index contributed by atoms with van der Waals surface area (Å²) < 4.78 is 0. The second kappa shape index (κ2) is 5.85. The summed E-state index contributed by atoms with van der Waals surface area (Å²) in [5.74, 6) is 0.247. The number of fused-ring (bicyclic) bond motifs is 2. The third-order valence-electron chi connectivity index (χ3n) is 5.64. The van der Waals surface area contributed by atoms with Gasteiger partial charge in [-0.1, -0.05) is 19.8 Å². The van der Waals surface area contributed by atoms with Gasteiger partial charge >= 0.3 is 12.0 Å². The van der Waals surface area contributed by atoms with Crippen molar-refractivity contribution < 1.29 is 14.7 Å². The maximum Gasteiger partial charge on any atom is 0.315 e. The zero-order valence-electron chi connectivity index (χ0n) is 12.7. The molecule has 0 heterocycles. The molecule has 2 bridgehead atoms. The van der Waals surface area contributed by atoms with Gasteiger partial charge in [0.25, 0.3) is 0 Å². The lowest BCUT2D eigenvalue weighted by atomic mass is 9.84. The molecule has 5 unspecified atom stereocenters. The summed E-state index contributed by atoms with van der Waals surface area (Å²) in [5.41, 5.74) is 0. The van der Waals surface area contributed by atoms with Crippen LogP contribution in [0.15, 0.2) is 0 Å². The van der Waals surface area contributed by atoms with Crippen LogP contribution in [-0.2, 0) is 4.79 Å². The van der Waals surface area contributed by atoms with Gasteiger partial charge in [-0.25, -0.2) is 4.79 Å². The van der Waals surface area contributed by atoms with Gasteiger partial charge < -0.3 is 15.7 Å². The molecule has 5 atom stereocenters. The van der Waals surface area contributed by atoms with Crippen LogP contribution in [0.4, 0.5) is 4.79 Å². The Labute approximate surface area is 125 Å². The topological polar surface area (TPSA) is 78.4 Å². The molecule has 5 nitrogen and oxygen atoms in total. The van der Waals surface area contributed by atoms with E-state index in [1.807, 2.05) is 0 Å². The van der Waals surface area contributed by atoms with E-state index in [1.165, 1.54) is 12.8 Å². The summed E-state index contributed by atoms with van der Waals surface area (Å²) in [6.45, 7) is 2.09. The second-order valence-corrected chi connectivity index (χ2v) is 7.13. The highest BCUT2D eigenvalue weighted by molar-refractivity contribution is 5.77. The molecule has 5 heteroatoms. The first-order chi connectivity index (χ1) is 10.1. The quantitative estimate of drug-likeness (QED) is 0.703. The van der Waals surface area contributed by atoms with E-state index in [0.29, 0.717) is 5.92 Å². The third kappa shape index (κ3) is 3.16. The van der Waals surface area contributed by atoms with Crippen molar-refractivity contribution in [3.8, 4) is 0 Å². The Morgan fingerprint density at radius 1 is 1.19 bits per heavy atom. The van der Waals surface area contributed by atoms with Crippen LogP contribution in [0.5, 0.6) is 0 Å². The van der Waals surface area contributed by atoms with E-state index in [0.717, 1.165) is 38.0 Å². The molecule has 0 aliphatic heterocycles. The number of urea groups is 1. The molecule has 3 N–H and O–H groups in total. The number of hydrogen-bond acceptors (Lipinski definition) is 2. The molecule has 2 amide bonds. The predicted molar refractivity (Wildman–Crippen MR) is 78.8 cm³/mol. The Bertz CT molecular complexity index is 422. The van der Waals surface area contributed by atoms with Crippen LogP contribution in [0.2, 0.25) is 0 Å². The Kier molecular flexibility index (Phi) is 4.09. The molecule has 3 saturated carbocycles. The van der Waals surface area contributed by atoms with Gasteiger partial charge in [0.15, 0.2) is 0 Å². The van der Waals surface area contributed by atoms with Crippen LogP contribution in [0.3, 0.4) is 0 Å². The lowest BCUT2D eigenvalue weighted by molar-refractivity contribution is -0.144. The fourth-order valence-electron chi connectivity index (χ4n) is 4.32. The molecule has 21 heavy (non-hydrogen) atoms. The molecule has 0 aromatic carbocycles. The van der Waals surface area contributed by atoms with E-state index in [-0.39, 0.29) is 24.0 Å². The summed E-state index contributed by atoms with van der Waals surface area (Å²) >= 11 is 0. The van der Waals surface area contributed by atoms with Crippen molar-refractivity contribution in [2.75, 3.05) is 0 Å². The van der Waals surface area contributed by atoms with Crippen LogP contribution in [-0.4, -0.2) is 29.2 Å². The number of rotatable bonds is 6. The van der Waals surface area contributed by atoms with Gasteiger partial charge in [-0.15, -0.1) is 0 Å². The zero-order chi connectivity index (χ0) is 15.0. The van der Waals surface area contributed by atoms with E-state index >= 15 is 0 Å². The van der Waals surface area contributed by atoms with Crippen LogP contribution in [0, 0.1) is 23.7 Å². The minimum Gasteiger partial charge on any atom is -0.481 e. The molecule has 0 spiro atoms. The molecular formula is C16H26N2O3. The number of carbonyl (C=O) groups excluding carboxylic acids is 1. The fraction of sp³-hybridized carbons (Fsp3) is 0.875. The normalized spacial score (nSPS) is 35.5. The SMILES string of the molecule is CCC(CC1CC1)NC(=O)NC1C2CCC(C2)C1C(=O)O. The molecule has 3 aliphatic carbocycles. The Balaban J connectivity index is 1.54. The summed E-state index contributed by atoms with van der Waals surface area (Å²) in [5, 5.41) is 15.4. The second-order valence-electron chi connectivity index (χ2n) is 7.13. The third-order valence-corrected chi connectivity index (χ3v) is 5.64. The number of nitrogens with one attached hydrogen (secondary N) is 2. The highest BCUT2D eigenvalue weighted by Gasteiger charge is 2.51. The molecule has 3 rings (SSSR count). The highest BCUT2D eigenvalue weighted by atomic mass is 16.4. The molecule has 0 aromatic rings. The first-order valence-electron chi connectivity index (χ1n) is 8.38. The highest BCUT2D eigenvalue weighted by Crippen LogP contribution is 2.48. The van der Waals surface area contributed by atoms with Crippen molar-refractivity contribution in [3.05, 3.63) is 0 Å². The van der Waals surface area contributed by atoms with Crippen LogP contribution in [0.1, 0.15) is 51.9 Å². The monoisotopic (exact) mass is 294 g/mol. The van der Waals surface area contributed by atoms with Gasteiger partial charge in [0.05, 0.1) is 5.92 Å². The lowest BCUT2D eigenvalue weighted by Crippen LogP contribution is -2.52. The number of amides is 2. The number of aliphatic carboxylic acids is 1. The minimum atomic E-state index is -0.752. The molecule has 0 saturated heterocycles. The van der Waals surface area contributed by atoms with Crippen LogP contribution < -0.4 is 10.6 Å². The van der Waals surface area contributed by atoms with E-state index in [9.17, 15) is 14.7 Å². The number of carboxylic acids is 1. The lowest BCUT2D eigenvalue weighted by Gasteiger charge is -2.29. The van der Waals surface area contributed by atoms with Gasteiger partial charge in [0.2, 0.25) is 0 Å². The summed E-state index contributed by atoms with van der Waals surface area (Å²) in [6.07, 6.45) is 7.58. The van der Waals surface area contributed by atoms with Crippen LogP contribution in [0.25, 0.3) is 0 Å². The van der Waals surface area contributed by atoms with Crippen LogP contribution >= 0.6 is 0 Å². The van der Waals surface area contributed by atoms with Crippen molar-refractivity contribution in [2.45, 2.75) is 64.0 Å². The maximum atomic E-state index is 12.2. The van der Waals surface area contributed by atoms with Gasteiger partial charge in [-0.3, -0.25) is 4.79 Å². The van der Waals surface area contributed by atoms with Crippen molar-refractivity contribution in [3.63, 3.8) is 0 Å². The van der Waals surface area contributed by atoms with E-state index in [1.54, 1.807) is 0 Å².